The Morgan fingerprint density at radius 3 is 2.64 bits per heavy atom. The lowest BCUT2D eigenvalue weighted by Crippen LogP contribution is -2.31. The van der Waals surface area contributed by atoms with E-state index in [4.69, 9.17) is 0 Å². The Morgan fingerprint density at radius 2 is 2.21 bits per heavy atom. The lowest BCUT2D eigenvalue weighted by molar-refractivity contribution is -0.127. The zero-order valence-electron chi connectivity index (χ0n) is 8.93. The number of rotatable bonds is 4. The fraction of sp³-hybridized carbons (Fsp3) is 0.889. The van der Waals surface area contributed by atoms with Gasteiger partial charge in [0.1, 0.15) is 6.04 Å². The van der Waals surface area contributed by atoms with Gasteiger partial charge in [0.2, 0.25) is 0 Å². The van der Waals surface area contributed by atoms with Crippen molar-refractivity contribution >= 4 is 30.7 Å². The molecule has 0 saturated carbocycles. The second kappa shape index (κ2) is 5.28. The van der Waals surface area contributed by atoms with Crippen LogP contribution in [0, 0.1) is 5.92 Å². The van der Waals surface area contributed by atoms with Crippen molar-refractivity contribution in [1.29, 1.82) is 0 Å². The normalized spacial score (nSPS) is 23.9. The van der Waals surface area contributed by atoms with E-state index < -0.39 is 0 Å². The van der Waals surface area contributed by atoms with Crippen LogP contribution in [-0.4, -0.2) is 33.5 Å². The van der Waals surface area contributed by atoms with Gasteiger partial charge in [0, 0.05) is 19.2 Å². The highest BCUT2D eigenvalue weighted by Gasteiger charge is 2.36. The van der Waals surface area contributed by atoms with Gasteiger partial charge in [-0.25, -0.2) is 4.31 Å². The molecule has 0 aliphatic carbocycles. The summed E-state index contributed by atoms with van der Waals surface area (Å²) in [5.74, 6) is 1.35. The zero-order valence-corrected chi connectivity index (χ0v) is 10.6. The standard InChI is InChI=1S/C9H18N2OS2/c1-7(2)4-5-8-9(12)11(6-13)14-10(8)3/h7-8,13H,4-6H2,1-3H3. The average Bonchev–Trinajstić information content (AvgIpc) is 2.39. The lowest BCUT2D eigenvalue weighted by Gasteiger charge is -2.14. The molecule has 1 fully saturated rings. The number of carbonyl (C=O) groups excluding carboxylic acids is 1. The summed E-state index contributed by atoms with van der Waals surface area (Å²) in [5, 5.41) is 0. The van der Waals surface area contributed by atoms with E-state index in [2.05, 4.69) is 26.5 Å². The molecule has 5 heteroatoms. The van der Waals surface area contributed by atoms with Crippen molar-refractivity contribution in [1.82, 2.24) is 8.61 Å². The highest BCUT2D eigenvalue weighted by Crippen LogP contribution is 2.30. The third-order valence-corrected chi connectivity index (χ3v) is 3.84. The third-order valence-electron chi connectivity index (χ3n) is 2.34. The summed E-state index contributed by atoms with van der Waals surface area (Å²) < 4.78 is 3.73. The molecule has 3 nitrogen and oxygen atoms in total. The molecule has 0 aromatic heterocycles. The first-order valence-corrected chi connectivity index (χ1v) is 6.25. The van der Waals surface area contributed by atoms with Crippen LogP contribution in [0.1, 0.15) is 26.7 Å². The second-order valence-corrected chi connectivity index (χ2v) is 5.44. The predicted molar refractivity (Wildman–Crippen MR) is 63.9 cm³/mol. The van der Waals surface area contributed by atoms with E-state index in [1.54, 1.807) is 4.31 Å². The van der Waals surface area contributed by atoms with E-state index in [0.29, 0.717) is 11.8 Å². The van der Waals surface area contributed by atoms with Crippen molar-refractivity contribution in [2.24, 2.45) is 5.92 Å². The van der Waals surface area contributed by atoms with E-state index in [1.807, 2.05) is 11.4 Å². The van der Waals surface area contributed by atoms with Crippen LogP contribution in [0.5, 0.6) is 0 Å². The molecule has 1 unspecified atom stereocenters. The lowest BCUT2D eigenvalue weighted by atomic mass is 10.0. The fourth-order valence-electron chi connectivity index (χ4n) is 1.47. The Morgan fingerprint density at radius 1 is 1.57 bits per heavy atom. The number of amides is 1. The number of hydrogen-bond donors (Lipinski definition) is 1. The van der Waals surface area contributed by atoms with Crippen molar-refractivity contribution in [2.45, 2.75) is 32.7 Å². The van der Waals surface area contributed by atoms with E-state index in [9.17, 15) is 4.79 Å². The second-order valence-electron chi connectivity index (χ2n) is 3.97. The molecule has 82 valence electrons. The highest BCUT2D eigenvalue weighted by molar-refractivity contribution is 7.96. The molecule has 0 N–H and O–H groups in total. The molecule has 1 amide bonds. The molecule has 0 spiro atoms. The molecular weight excluding hydrogens is 216 g/mol. The minimum Gasteiger partial charge on any atom is -0.272 e. The molecule has 14 heavy (non-hydrogen) atoms. The molecule has 0 bridgehead atoms. The Bertz CT molecular complexity index is 211. The first-order chi connectivity index (χ1) is 6.56. The zero-order chi connectivity index (χ0) is 10.7. The van der Waals surface area contributed by atoms with Crippen molar-refractivity contribution in [3.63, 3.8) is 0 Å². The molecular formula is C9H18N2OS2. The largest absolute Gasteiger partial charge is 0.272 e. The van der Waals surface area contributed by atoms with Gasteiger partial charge in [-0.3, -0.25) is 9.10 Å². The van der Waals surface area contributed by atoms with Crippen molar-refractivity contribution in [2.75, 3.05) is 12.9 Å². The molecule has 1 atom stereocenters. The van der Waals surface area contributed by atoms with Crippen molar-refractivity contribution < 1.29 is 4.79 Å². The SMILES string of the molecule is CC(C)CCC1C(=O)N(CS)SN1C. The van der Waals surface area contributed by atoms with Crippen LogP contribution in [0.4, 0.5) is 0 Å². The maximum absolute atomic E-state index is 11.8. The van der Waals surface area contributed by atoms with Gasteiger partial charge in [-0.05, 0) is 18.8 Å². The number of nitrogens with zero attached hydrogens (tertiary/aromatic N) is 2. The molecule has 1 aliphatic rings. The topological polar surface area (TPSA) is 23.6 Å². The molecule has 1 aliphatic heterocycles. The number of carbonyl (C=O) groups is 1. The van der Waals surface area contributed by atoms with Gasteiger partial charge in [-0.1, -0.05) is 13.8 Å². The Hall–Kier alpha value is 0.130. The minimum absolute atomic E-state index is 0.0505. The maximum atomic E-state index is 11.8. The Kier molecular flexibility index (Phi) is 4.60. The summed E-state index contributed by atoms with van der Waals surface area (Å²) in [6.07, 6.45) is 2.05. The van der Waals surface area contributed by atoms with Gasteiger partial charge in [0.15, 0.2) is 0 Å². The summed E-state index contributed by atoms with van der Waals surface area (Å²) in [7, 11) is 1.97. The third kappa shape index (κ3) is 2.81. The quantitative estimate of drug-likeness (QED) is 0.594. The monoisotopic (exact) mass is 234 g/mol. The van der Waals surface area contributed by atoms with E-state index in [-0.39, 0.29) is 11.9 Å². The predicted octanol–water partition coefficient (Wildman–Crippen LogP) is 2.02. The Labute approximate surface area is 95.9 Å². The molecule has 1 heterocycles. The van der Waals surface area contributed by atoms with Crippen LogP contribution in [0.3, 0.4) is 0 Å². The van der Waals surface area contributed by atoms with Gasteiger partial charge in [0.25, 0.3) is 5.91 Å². The van der Waals surface area contributed by atoms with Crippen LogP contribution in [-0.2, 0) is 4.79 Å². The first kappa shape index (κ1) is 12.2. The van der Waals surface area contributed by atoms with Crippen LogP contribution in [0.15, 0.2) is 0 Å². The maximum Gasteiger partial charge on any atom is 0.252 e. The van der Waals surface area contributed by atoms with Gasteiger partial charge in [-0.2, -0.15) is 12.6 Å². The highest BCUT2D eigenvalue weighted by atomic mass is 32.2. The molecule has 0 radical (unpaired) electrons. The minimum atomic E-state index is 0.0505. The van der Waals surface area contributed by atoms with Crippen LogP contribution >= 0.6 is 24.8 Å². The smallest absolute Gasteiger partial charge is 0.252 e. The summed E-state index contributed by atoms with van der Waals surface area (Å²) in [6, 6.07) is 0.0505. The summed E-state index contributed by atoms with van der Waals surface area (Å²) >= 11 is 5.60. The number of hydrogen-bond acceptors (Lipinski definition) is 4. The summed E-state index contributed by atoms with van der Waals surface area (Å²) in [5.41, 5.74) is 0. The Balaban J connectivity index is 2.48. The van der Waals surface area contributed by atoms with E-state index in [1.165, 1.54) is 12.1 Å². The van der Waals surface area contributed by atoms with Crippen molar-refractivity contribution in [3.05, 3.63) is 0 Å². The summed E-state index contributed by atoms with van der Waals surface area (Å²) in [6.45, 7) is 4.37. The number of thiol groups is 1. The van der Waals surface area contributed by atoms with E-state index >= 15 is 0 Å². The van der Waals surface area contributed by atoms with Gasteiger partial charge in [-0.15, -0.1) is 0 Å². The molecule has 0 aromatic rings. The van der Waals surface area contributed by atoms with Gasteiger partial charge >= 0.3 is 0 Å². The molecule has 1 rings (SSSR count). The number of likely N-dealkylation sites (N-methyl/N-ethyl adjacent to an activating group) is 1. The summed E-state index contributed by atoms with van der Waals surface area (Å²) in [4.78, 5) is 11.8. The van der Waals surface area contributed by atoms with Crippen LogP contribution < -0.4 is 0 Å². The van der Waals surface area contributed by atoms with Crippen LogP contribution in [0.2, 0.25) is 0 Å². The van der Waals surface area contributed by atoms with Crippen LogP contribution in [0.25, 0.3) is 0 Å². The van der Waals surface area contributed by atoms with Gasteiger partial charge < -0.3 is 0 Å². The van der Waals surface area contributed by atoms with Gasteiger partial charge in [0.05, 0.1) is 5.88 Å². The average molecular weight is 234 g/mol. The molecule has 0 aromatic carbocycles. The fourth-order valence-corrected chi connectivity index (χ4v) is 2.63. The van der Waals surface area contributed by atoms with E-state index in [0.717, 1.165) is 12.8 Å². The van der Waals surface area contributed by atoms with Crippen molar-refractivity contribution in [3.8, 4) is 0 Å². The molecule has 1 saturated heterocycles. The first-order valence-electron chi connectivity index (χ1n) is 4.89.